The standard InChI is InChI=1S/C20H21N3O4S2/c1-26-16-6-5-13(10-17(16)27-2)15-12-29-20(22-15)23-18(24)4-3-8-21-19(25)14-7-9-28-11-14/h5-7,9-12H,3-4,8H2,1-2H3,(H,21,25)(H,22,23,24). The molecule has 2 heterocycles. The maximum absolute atomic E-state index is 12.1. The highest BCUT2D eigenvalue weighted by atomic mass is 32.1. The van der Waals surface area contributed by atoms with Gasteiger partial charge in [-0.3, -0.25) is 9.59 Å². The van der Waals surface area contributed by atoms with E-state index in [4.69, 9.17) is 9.47 Å². The first-order valence-corrected chi connectivity index (χ1v) is 10.7. The lowest BCUT2D eigenvalue weighted by atomic mass is 10.1. The summed E-state index contributed by atoms with van der Waals surface area (Å²) in [7, 11) is 3.17. The number of thiophene rings is 1. The second-order valence-corrected chi connectivity index (χ2v) is 7.67. The second kappa shape index (κ2) is 10.0. The molecule has 0 spiro atoms. The van der Waals surface area contributed by atoms with Gasteiger partial charge in [0.1, 0.15) is 0 Å². The number of rotatable bonds is 9. The van der Waals surface area contributed by atoms with E-state index in [1.165, 1.54) is 22.7 Å². The summed E-state index contributed by atoms with van der Waals surface area (Å²) in [6.07, 6.45) is 0.852. The molecule has 7 nitrogen and oxygen atoms in total. The molecule has 2 amide bonds. The minimum Gasteiger partial charge on any atom is -0.493 e. The molecule has 2 aromatic heterocycles. The number of thiazole rings is 1. The van der Waals surface area contributed by atoms with Gasteiger partial charge in [-0.15, -0.1) is 11.3 Å². The Morgan fingerprint density at radius 3 is 2.66 bits per heavy atom. The molecule has 0 saturated heterocycles. The molecule has 3 aromatic rings. The van der Waals surface area contributed by atoms with Crippen molar-refractivity contribution < 1.29 is 19.1 Å². The lowest BCUT2D eigenvalue weighted by Gasteiger charge is -2.08. The Kier molecular flexibility index (Phi) is 7.20. The molecule has 0 atom stereocenters. The summed E-state index contributed by atoms with van der Waals surface area (Å²) in [5.74, 6) is 1.01. The Hall–Kier alpha value is -2.91. The van der Waals surface area contributed by atoms with Gasteiger partial charge in [-0.1, -0.05) is 0 Å². The van der Waals surface area contributed by atoms with Crippen LogP contribution in [-0.4, -0.2) is 37.6 Å². The second-order valence-electron chi connectivity index (χ2n) is 6.03. The number of anilines is 1. The number of hydrogen-bond donors (Lipinski definition) is 2. The first kappa shape index (κ1) is 20.8. The van der Waals surface area contributed by atoms with E-state index < -0.39 is 0 Å². The molecule has 0 saturated carbocycles. The molecule has 0 bridgehead atoms. The van der Waals surface area contributed by atoms with E-state index in [0.29, 0.717) is 41.6 Å². The van der Waals surface area contributed by atoms with Crippen molar-refractivity contribution in [2.75, 3.05) is 26.1 Å². The molecule has 0 aliphatic heterocycles. The van der Waals surface area contributed by atoms with Gasteiger partial charge >= 0.3 is 0 Å². The van der Waals surface area contributed by atoms with Gasteiger partial charge < -0.3 is 20.1 Å². The molecule has 0 radical (unpaired) electrons. The largest absolute Gasteiger partial charge is 0.493 e. The van der Waals surface area contributed by atoms with Crippen LogP contribution >= 0.6 is 22.7 Å². The summed E-state index contributed by atoms with van der Waals surface area (Å²) < 4.78 is 10.6. The normalized spacial score (nSPS) is 10.4. The van der Waals surface area contributed by atoms with Gasteiger partial charge in [0, 0.05) is 34.9 Å². The van der Waals surface area contributed by atoms with Crippen molar-refractivity contribution in [3.05, 3.63) is 46.0 Å². The van der Waals surface area contributed by atoms with Gasteiger partial charge in [0.05, 0.1) is 19.9 Å². The average molecular weight is 432 g/mol. The Morgan fingerprint density at radius 1 is 1.10 bits per heavy atom. The van der Waals surface area contributed by atoms with Gasteiger partial charge in [-0.05, 0) is 36.1 Å². The topological polar surface area (TPSA) is 89.6 Å². The maximum Gasteiger partial charge on any atom is 0.252 e. The minimum absolute atomic E-state index is 0.119. The van der Waals surface area contributed by atoms with E-state index in [-0.39, 0.29) is 11.8 Å². The predicted molar refractivity (Wildman–Crippen MR) is 115 cm³/mol. The summed E-state index contributed by atoms with van der Waals surface area (Å²) >= 11 is 2.83. The Labute approximate surface area is 176 Å². The molecule has 0 fully saturated rings. The SMILES string of the molecule is COc1ccc(-c2csc(NC(=O)CCCNC(=O)c3ccsc3)n2)cc1OC. The fourth-order valence-electron chi connectivity index (χ4n) is 2.59. The highest BCUT2D eigenvalue weighted by Crippen LogP contribution is 2.33. The van der Waals surface area contributed by atoms with E-state index in [0.717, 1.165) is 11.3 Å². The molecule has 29 heavy (non-hydrogen) atoms. The smallest absolute Gasteiger partial charge is 0.252 e. The van der Waals surface area contributed by atoms with Crippen molar-refractivity contribution >= 4 is 39.6 Å². The summed E-state index contributed by atoms with van der Waals surface area (Å²) in [6, 6.07) is 7.31. The van der Waals surface area contributed by atoms with E-state index >= 15 is 0 Å². The van der Waals surface area contributed by atoms with Crippen LogP contribution in [0.1, 0.15) is 23.2 Å². The molecular formula is C20H21N3O4S2. The minimum atomic E-state index is -0.136. The zero-order chi connectivity index (χ0) is 20.6. The van der Waals surface area contributed by atoms with Crippen LogP contribution in [0, 0.1) is 0 Å². The maximum atomic E-state index is 12.1. The van der Waals surface area contributed by atoms with Gasteiger partial charge in [0.15, 0.2) is 16.6 Å². The van der Waals surface area contributed by atoms with Crippen molar-refractivity contribution in [2.45, 2.75) is 12.8 Å². The molecule has 0 aliphatic carbocycles. The number of aromatic nitrogens is 1. The van der Waals surface area contributed by atoms with Crippen LogP contribution in [0.4, 0.5) is 5.13 Å². The summed E-state index contributed by atoms with van der Waals surface area (Å²) in [4.78, 5) is 28.4. The number of carbonyl (C=O) groups is 2. The molecule has 1 aromatic carbocycles. The number of methoxy groups -OCH3 is 2. The Morgan fingerprint density at radius 2 is 1.93 bits per heavy atom. The number of nitrogens with one attached hydrogen (secondary N) is 2. The fraction of sp³-hybridized carbons (Fsp3) is 0.250. The highest BCUT2D eigenvalue weighted by Gasteiger charge is 2.11. The predicted octanol–water partition coefficient (Wildman–Crippen LogP) is 4.04. The molecule has 0 aliphatic rings. The third kappa shape index (κ3) is 5.55. The van der Waals surface area contributed by atoms with Crippen LogP contribution in [0.25, 0.3) is 11.3 Å². The number of nitrogens with zero attached hydrogens (tertiary/aromatic N) is 1. The van der Waals surface area contributed by atoms with Crippen molar-refractivity contribution in [3.63, 3.8) is 0 Å². The summed E-state index contributed by atoms with van der Waals surface area (Å²) in [6.45, 7) is 0.441. The Bertz CT molecular complexity index is 970. The third-order valence-corrected chi connectivity index (χ3v) is 5.52. The highest BCUT2D eigenvalue weighted by molar-refractivity contribution is 7.14. The van der Waals surface area contributed by atoms with Crippen LogP contribution in [0.3, 0.4) is 0 Å². The van der Waals surface area contributed by atoms with Crippen molar-refractivity contribution in [3.8, 4) is 22.8 Å². The number of amides is 2. The molecule has 2 N–H and O–H groups in total. The van der Waals surface area contributed by atoms with Crippen molar-refractivity contribution in [2.24, 2.45) is 0 Å². The number of carbonyl (C=O) groups excluding carboxylic acids is 2. The number of benzene rings is 1. The lowest BCUT2D eigenvalue weighted by Crippen LogP contribution is -2.25. The van der Waals surface area contributed by atoms with E-state index in [9.17, 15) is 9.59 Å². The van der Waals surface area contributed by atoms with Crippen molar-refractivity contribution in [1.29, 1.82) is 0 Å². The molecule has 152 valence electrons. The first-order chi connectivity index (χ1) is 14.1. The number of hydrogen-bond acceptors (Lipinski definition) is 7. The van der Waals surface area contributed by atoms with Gasteiger partial charge in [0.25, 0.3) is 5.91 Å². The van der Waals surface area contributed by atoms with E-state index in [1.807, 2.05) is 29.0 Å². The average Bonchev–Trinajstić information content (AvgIpc) is 3.43. The molecular weight excluding hydrogens is 410 g/mol. The first-order valence-electron chi connectivity index (χ1n) is 8.89. The monoisotopic (exact) mass is 431 g/mol. The van der Waals surface area contributed by atoms with Crippen LogP contribution in [0.2, 0.25) is 0 Å². The van der Waals surface area contributed by atoms with Gasteiger partial charge in [-0.2, -0.15) is 11.3 Å². The van der Waals surface area contributed by atoms with Gasteiger partial charge in [0.2, 0.25) is 5.91 Å². The third-order valence-electron chi connectivity index (χ3n) is 4.08. The fourth-order valence-corrected chi connectivity index (χ4v) is 3.96. The van der Waals surface area contributed by atoms with Crippen LogP contribution < -0.4 is 20.1 Å². The van der Waals surface area contributed by atoms with E-state index in [1.54, 1.807) is 25.7 Å². The molecule has 9 heteroatoms. The van der Waals surface area contributed by atoms with Crippen LogP contribution in [0.5, 0.6) is 11.5 Å². The molecule has 3 rings (SSSR count). The van der Waals surface area contributed by atoms with Crippen LogP contribution in [-0.2, 0) is 4.79 Å². The molecule has 0 unspecified atom stereocenters. The lowest BCUT2D eigenvalue weighted by molar-refractivity contribution is -0.116. The van der Waals surface area contributed by atoms with Crippen LogP contribution in [0.15, 0.2) is 40.4 Å². The Balaban J connectivity index is 1.48. The van der Waals surface area contributed by atoms with E-state index in [2.05, 4.69) is 15.6 Å². The summed E-state index contributed by atoms with van der Waals surface area (Å²) in [5.41, 5.74) is 2.26. The quantitative estimate of drug-likeness (QED) is 0.499. The zero-order valence-electron chi connectivity index (χ0n) is 16.1. The summed E-state index contributed by atoms with van der Waals surface area (Å²) in [5, 5.41) is 11.7. The number of ether oxygens (including phenoxy) is 2. The van der Waals surface area contributed by atoms with Crippen molar-refractivity contribution in [1.82, 2.24) is 10.3 Å². The zero-order valence-corrected chi connectivity index (χ0v) is 17.7. The van der Waals surface area contributed by atoms with Gasteiger partial charge in [-0.25, -0.2) is 4.98 Å².